The molecule has 18 heavy (non-hydrogen) atoms. The minimum atomic E-state index is -0.216. The van der Waals surface area contributed by atoms with Crippen molar-refractivity contribution in [3.8, 4) is 0 Å². The number of rotatable bonds is 3. The number of hydrogen-bond acceptors (Lipinski definition) is 4. The average Bonchev–Trinajstić information content (AvgIpc) is 2.85. The van der Waals surface area contributed by atoms with E-state index in [1.165, 1.54) is 11.3 Å². The second kappa shape index (κ2) is 4.89. The van der Waals surface area contributed by atoms with Gasteiger partial charge in [0.15, 0.2) is 10.8 Å². The Balaban J connectivity index is 2.16. The van der Waals surface area contributed by atoms with Gasteiger partial charge in [-0.05, 0) is 33.8 Å². The van der Waals surface area contributed by atoms with Crippen molar-refractivity contribution < 1.29 is 4.79 Å². The van der Waals surface area contributed by atoms with Crippen molar-refractivity contribution in [3.05, 3.63) is 28.5 Å². The van der Waals surface area contributed by atoms with Gasteiger partial charge in [0.25, 0.3) is 5.91 Å². The molecule has 0 saturated carbocycles. The fourth-order valence-electron chi connectivity index (χ4n) is 1.69. The van der Waals surface area contributed by atoms with Crippen LogP contribution in [0.1, 0.15) is 41.8 Å². The van der Waals surface area contributed by atoms with Crippen molar-refractivity contribution in [1.82, 2.24) is 14.8 Å². The molecule has 0 bridgehead atoms. The van der Waals surface area contributed by atoms with Crippen LogP contribution < -0.4 is 5.32 Å². The van der Waals surface area contributed by atoms with Crippen LogP contribution in [0.25, 0.3) is 0 Å². The first-order chi connectivity index (χ1) is 8.47. The topological polar surface area (TPSA) is 59.8 Å². The zero-order valence-corrected chi connectivity index (χ0v) is 11.7. The molecule has 2 rings (SSSR count). The smallest absolute Gasteiger partial charge is 0.277 e. The molecule has 6 heteroatoms. The van der Waals surface area contributed by atoms with E-state index in [2.05, 4.69) is 15.4 Å². The highest BCUT2D eigenvalue weighted by molar-refractivity contribution is 7.13. The minimum absolute atomic E-state index is 0.216. The SMILES string of the molecule is Cc1csc(NC(=O)c2cc(C)n(C(C)C)n2)n1. The Labute approximate surface area is 110 Å². The summed E-state index contributed by atoms with van der Waals surface area (Å²) in [6, 6.07) is 2.03. The molecule has 0 radical (unpaired) electrons. The zero-order valence-electron chi connectivity index (χ0n) is 10.9. The summed E-state index contributed by atoms with van der Waals surface area (Å²) in [6.07, 6.45) is 0. The molecular weight excluding hydrogens is 248 g/mol. The monoisotopic (exact) mass is 264 g/mol. The van der Waals surface area contributed by atoms with E-state index in [4.69, 9.17) is 0 Å². The lowest BCUT2D eigenvalue weighted by molar-refractivity contribution is 0.102. The van der Waals surface area contributed by atoms with Crippen molar-refractivity contribution in [2.24, 2.45) is 0 Å². The van der Waals surface area contributed by atoms with Crippen LogP contribution in [0.3, 0.4) is 0 Å². The Morgan fingerprint density at radius 1 is 1.44 bits per heavy atom. The van der Waals surface area contributed by atoms with Crippen LogP contribution >= 0.6 is 11.3 Å². The van der Waals surface area contributed by atoms with Crippen molar-refractivity contribution in [1.29, 1.82) is 0 Å². The van der Waals surface area contributed by atoms with Crippen LogP contribution in [0.15, 0.2) is 11.4 Å². The Morgan fingerprint density at radius 3 is 2.67 bits per heavy atom. The van der Waals surface area contributed by atoms with E-state index in [-0.39, 0.29) is 11.9 Å². The van der Waals surface area contributed by atoms with E-state index in [1.807, 2.05) is 37.8 Å². The molecule has 0 aliphatic rings. The highest BCUT2D eigenvalue weighted by Gasteiger charge is 2.14. The molecule has 1 amide bonds. The quantitative estimate of drug-likeness (QED) is 0.927. The molecular formula is C12H16N4OS. The summed E-state index contributed by atoms with van der Waals surface area (Å²) in [5.41, 5.74) is 2.30. The summed E-state index contributed by atoms with van der Waals surface area (Å²) in [6.45, 7) is 7.90. The number of nitrogens with one attached hydrogen (secondary N) is 1. The van der Waals surface area contributed by atoms with Gasteiger partial charge in [0.1, 0.15) is 0 Å². The van der Waals surface area contributed by atoms with Gasteiger partial charge in [-0.15, -0.1) is 11.3 Å². The second-order valence-electron chi connectivity index (χ2n) is 4.46. The van der Waals surface area contributed by atoms with Crippen molar-refractivity contribution in [2.75, 3.05) is 5.32 Å². The number of carbonyl (C=O) groups is 1. The van der Waals surface area contributed by atoms with Gasteiger partial charge in [-0.2, -0.15) is 5.10 Å². The average molecular weight is 264 g/mol. The van der Waals surface area contributed by atoms with E-state index in [0.717, 1.165) is 11.4 Å². The van der Waals surface area contributed by atoms with Crippen LogP contribution in [-0.4, -0.2) is 20.7 Å². The lowest BCUT2D eigenvalue weighted by Crippen LogP contribution is -2.13. The molecule has 0 spiro atoms. The maximum Gasteiger partial charge on any atom is 0.277 e. The largest absolute Gasteiger partial charge is 0.296 e. The van der Waals surface area contributed by atoms with E-state index in [9.17, 15) is 4.79 Å². The second-order valence-corrected chi connectivity index (χ2v) is 5.32. The highest BCUT2D eigenvalue weighted by Crippen LogP contribution is 2.16. The molecule has 0 unspecified atom stereocenters. The van der Waals surface area contributed by atoms with Crippen molar-refractivity contribution in [2.45, 2.75) is 33.7 Å². The number of anilines is 1. The Hall–Kier alpha value is -1.69. The Kier molecular flexibility index (Phi) is 3.47. The number of thiazole rings is 1. The molecule has 2 aromatic rings. The summed E-state index contributed by atoms with van der Waals surface area (Å²) in [5, 5.41) is 9.55. The molecule has 96 valence electrons. The summed E-state index contributed by atoms with van der Waals surface area (Å²) in [7, 11) is 0. The highest BCUT2D eigenvalue weighted by atomic mass is 32.1. The fourth-order valence-corrected chi connectivity index (χ4v) is 2.38. The number of hydrogen-bond donors (Lipinski definition) is 1. The first-order valence-electron chi connectivity index (χ1n) is 5.77. The van der Waals surface area contributed by atoms with Crippen molar-refractivity contribution in [3.63, 3.8) is 0 Å². The van der Waals surface area contributed by atoms with Crippen molar-refractivity contribution >= 4 is 22.4 Å². The molecule has 1 N–H and O–H groups in total. The maximum atomic E-state index is 12.0. The van der Waals surface area contributed by atoms with Gasteiger partial charge in [0.2, 0.25) is 0 Å². The molecule has 0 aromatic carbocycles. The third-order valence-corrected chi connectivity index (χ3v) is 3.36. The molecule has 0 atom stereocenters. The number of nitrogens with zero attached hydrogens (tertiary/aromatic N) is 3. The number of aryl methyl sites for hydroxylation is 2. The van der Waals surface area contributed by atoms with Crippen LogP contribution in [0.4, 0.5) is 5.13 Å². The lowest BCUT2D eigenvalue weighted by Gasteiger charge is -2.06. The summed E-state index contributed by atoms with van der Waals surface area (Å²) < 4.78 is 1.84. The summed E-state index contributed by atoms with van der Waals surface area (Å²) in [5.74, 6) is -0.216. The molecule has 0 fully saturated rings. The molecule has 0 aliphatic carbocycles. The summed E-state index contributed by atoms with van der Waals surface area (Å²) in [4.78, 5) is 16.2. The number of amides is 1. The van der Waals surface area contributed by atoms with E-state index in [0.29, 0.717) is 10.8 Å². The normalized spacial score (nSPS) is 10.9. The standard InChI is InChI=1S/C12H16N4OS/c1-7(2)16-9(4)5-10(15-16)11(17)14-12-13-8(3)6-18-12/h5-7H,1-4H3,(H,13,14,17). The predicted octanol–water partition coefficient (Wildman–Crippen LogP) is 2.79. The summed E-state index contributed by atoms with van der Waals surface area (Å²) >= 11 is 1.41. The van der Waals surface area contributed by atoms with Gasteiger partial charge in [-0.25, -0.2) is 4.98 Å². The van der Waals surface area contributed by atoms with E-state index in [1.54, 1.807) is 6.07 Å². The van der Waals surface area contributed by atoms with Crippen LogP contribution in [0.5, 0.6) is 0 Å². The molecule has 0 aliphatic heterocycles. The molecule has 0 saturated heterocycles. The van der Waals surface area contributed by atoms with E-state index < -0.39 is 0 Å². The van der Waals surface area contributed by atoms with Crippen LogP contribution in [-0.2, 0) is 0 Å². The Bertz CT molecular complexity index is 570. The zero-order chi connectivity index (χ0) is 13.3. The molecule has 5 nitrogen and oxygen atoms in total. The Morgan fingerprint density at radius 2 is 2.17 bits per heavy atom. The van der Waals surface area contributed by atoms with Gasteiger partial charge in [-0.3, -0.25) is 14.8 Å². The van der Waals surface area contributed by atoms with Gasteiger partial charge < -0.3 is 0 Å². The maximum absolute atomic E-state index is 12.0. The van der Waals surface area contributed by atoms with Crippen LogP contribution in [0, 0.1) is 13.8 Å². The minimum Gasteiger partial charge on any atom is -0.296 e. The first-order valence-corrected chi connectivity index (χ1v) is 6.65. The lowest BCUT2D eigenvalue weighted by atomic mass is 10.3. The predicted molar refractivity (Wildman–Crippen MR) is 72.2 cm³/mol. The first kappa shape index (κ1) is 12.8. The fraction of sp³-hybridized carbons (Fsp3) is 0.417. The third kappa shape index (κ3) is 2.59. The molecule has 2 heterocycles. The van der Waals surface area contributed by atoms with Gasteiger partial charge >= 0.3 is 0 Å². The van der Waals surface area contributed by atoms with Gasteiger partial charge in [0.05, 0.1) is 5.69 Å². The van der Waals surface area contributed by atoms with Gasteiger partial charge in [-0.1, -0.05) is 0 Å². The molecule has 2 aromatic heterocycles. The van der Waals surface area contributed by atoms with E-state index >= 15 is 0 Å². The third-order valence-electron chi connectivity index (χ3n) is 2.48. The number of aromatic nitrogens is 3. The number of carbonyl (C=O) groups excluding carboxylic acids is 1. The van der Waals surface area contributed by atoms with Gasteiger partial charge in [0, 0.05) is 17.1 Å². The van der Waals surface area contributed by atoms with Crippen LogP contribution in [0.2, 0.25) is 0 Å².